The van der Waals surface area contributed by atoms with E-state index < -0.39 is 0 Å². The summed E-state index contributed by atoms with van der Waals surface area (Å²) in [6.45, 7) is 7.09. The van der Waals surface area contributed by atoms with Gasteiger partial charge in [-0.05, 0) is 13.0 Å². The van der Waals surface area contributed by atoms with Crippen LogP contribution in [0.4, 0.5) is 5.69 Å². The van der Waals surface area contributed by atoms with Gasteiger partial charge >= 0.3 is 0 Å². The van der Waals surface area contributed by atoms with Crippen LogP contribution < -0.4 is 5.32 Å². The van der Waals surface area contributed by atoms with Gasteiger partial charge in [-0.3, -0.25) is 4.98 Å². The Morgan fingerprint density at radius 2 is 2.00 bits per heavy atom. The van der Waals surface area contributed by atoms with Gasteiger partial charge in [0.25, 0.3) is 0 Å². The molecule has 0 unspecified atom stereocenters. The van der Waals surface area contributed by atoms with Gasteiger partial charge in [0.15, 0.2) is 5.82 Å². The third kappa shape index (κ3) is 2.50. The minimum Gasteiger partial charge on any atom is -0.384 e. The highest BCUT2D eigenvalue weighted by atomic mass is 15.4. The number of nitrogens with zero attached hydrogens (tertiary/aromatic N) is 4. The summed E-state index contributed by atoms with van der Waals surface area (Å²) in [5.74, 6) is 1.85. The van der Waals surface area contributed by atoms with E-state index in [2.05, 4.69) is 41.2 Å². The molecule has 0 aliphatic carbocycles. The summed E-state index contributed by atoms with van der Waals surface area (Å²) in [6.07, 6.45) is 5.34. The van der Waals surface area contributed by atoms with Crippen molar-refractivity contribution in [3.05, 3.63) is 30.1 Å². The zero-order valence-corrected chi connectivity index (χ0v) is 11.1. The normalized spacial score (nSPS) is 10.6. The van der Waals surface area contributed by atoms with Crippen molar-refractivity contribution in [1.82, 2.24) is 19.7 Å². The fourth-order valence-corrected chi connectivity index (χ4v) is 1.82. The van der Waals surface area contributed by atoms with E-state index in [-0.39, 0.29) is 0 Å². The van der Waals surface area contributed by atoms with E-state index >= 15 is 0 Å². The third-order valence-corrected chi connectivity index (χ3v) is 2.70. The van der Waals surface area contributed by atoms with Gasteiger partial charge in [0.2, 0.25) is 0 Å². The molecule has 0 bridgehead atoms. The quantitative estimate of drug-likeness (QED) is 0.877. The Morgan fingerprint density at radius 1 is 1.17 bits per heavy atom. The van der Waals surface area contributed by atoms with Gasteiger partial charge < -0.3 is 5.32 Å². The number of aryl methyl sites for hydroxylation is 2. The van der Waals surface area contributed by atoms with Crippen molar-refractivity contribution in [1.29, 1.82) is 0 Å². The molecule has 0 fully saturated rings. The predicted octanol–water partition coefficient (Wildman–Crippen LogP) is 2.22. The van der Waals surface area contributed by atoms with E-state index in [1.54, 1.807) is 0 Å². The average molecular weight is 245 g/mol. The second-order valence-electron chi connectivity index (χ2n) is 4.03. The summed E-state index contributed by atoms with van der Waals surface area (Å²) in [6, 6.07) is 2.05. The lowest BCUT2D eigenvalue weighted by atomic mass is 10.3. The molecule has 5 nitrogen and oxygen atoms in total. The van der Waals surface area contributed by atoms with Crippen LogP contribution >= 0.6 is 0 Å². The van der Waals surface area contributed by atoms with Crippen LogP contribution in [0.5, 0.6) is 0 Å². The first kappa shape index (κ1) is 12.5. The molecule has 2 rings (SSSR count). The van der Waals surface area contributed by atoms with E-state index in [1.165, 1.54) is 0 Å². The fraction of sp³-hybridized carbons (Fsp3) is 0.462. The van der Waals surface area contributed by atoms with Crippen molar-refractivity contribution in [3.63, 3.8) is 0 Å². The number of pyridine rings is 1. The summed E-state index contributed by atoms with van der Waals surface area (Å²) < 4.78 is 1.88. The molecule has 2 aromatic heterocycles. The number of rotatable bonds is 5. The third-order valence-electron chi connectivity index (χ3n) is 2.70. The summed E-state index contributed by atoms with van der Waals surface area (Å²) in [7, 11) is 0. The SMILES string of the molecule is CCNc1cncc(-n2nc(CC)nc2CC)c1. The average Bonchev–Trinajstić information content (AvgIpc) is 2.83. The monoisotopic (exact) mass is 245 g/mol. The Bertz CT molecular complexity index is 518. The fourth-order valence-electron chi connectivity index (χ4n) is 1.82. The Labute approximate surface area is 107 Å². The van der Waals surface area contributed by atoms with Crippen molar-refractivity contribution in [3.8, 4) is 5.69 Å². The molecule has 0 saturated heterocycles. The molecule has 0 aliphatic heterocycles. The maximum absolute atomic E-state index is 4.51. The van der Waals surface area contributed by atoms with Crippen molar-refractivity contribution in [2.24, 2.45) is 0 Å². The number of hydrogen-bond acceptors (Lipinski definition) is 4. The van der Waals surface area contributed by atoms with E-state index in [0.29, 0.717) is 0 Å². The van der Waals surface area contributed by atoms with Gasteiger partial charge in [0.05, 0.1) is 23.8 Å². The Kier molecular flexibility index (Phi) is 3.92. The van der Waals surface area contributed by atoms with Crippen molar-refractivity contribution in [2.75, 3.05) is 11.9 Å². The molecular weight excluding hydrogens is 226 g/mol. The van der Waals surface area contributed by atoms with Crippen LogP contribution in [0, 0.1) is 0 Å². The minimum absolute atomic E-state index is 0.848. The lowest BCUT2D eigenvalue weighted by Gasteiger charge is -2.07. The molecule has 18 heavy (non-hydrogen) atoms. The van der Waals surface area contributed by atoms with Gasteiger partial charge in [0.1, 0.15) is 5.82 Å². The lowest BCUT2D eigenvalue weighted by molar-refractivity contribution is 0.787. The van der Waals surface area contributed by atoms with Crippen LogP contribution in [-0.2, 0) is 12.8 Å². The first-order chi connectivity index (χ1) is 8.78. The standard InChI is InChI=1S/C13H19N5/c1-4-12-16-13(5-2)18(17-12)11-7-10(15-6-3)8-14-9-11/h7-9,15H,4-6H2,1-3H3. The maximum atomic E-state index is 4.51. The van der Waals surface area contributed by atoms with E-state index in [4.69, 9.17) is 0 Å². The number of nitrogens with one attached hydrogen (secondary N) is 1. The van der Waals surface area contributed by atoms with E-state index in [1.807, 2.05) is 23.1 Å². The van der Waals surface area contributed by atoms with Crippen molar-refractivity contribution >= 4 is 5.69 Å². The number of anilines is 1. The van der Waals surface area contributed by atoms with Gasteiger partial charge in [0, 0.05) is 19.4 Å². The molecule has 0 radical (unpaired) electrons. The molecule has 0 saturated carbocycles. The molecule has 0 spiro atoms. The summed E-state index contributed by atoms with van der Waals surface area (Å²) in [4.78, 5) is 8.74. The predicted molar refractivity (Wildman–Crippen MR) is 72.1 cm³/mol. The molecule has 0 atom stereocenters. The van der Waals surface area contributed by atoms with Gasteiger partial charge in [-0.15, -0.1) is 0 Å². The second kappa shape index (κ2) is 5.62. The van der Waals surface area contributed by atoms with E-state index in [9.17, 15) is 0 Å². The van der Waals surface area contributed by atoms with Crippen LogP contribution in [0.1, 0.15) is 32.4 Å². The summed E-state index contributed by atoms with van der Waals surface area (Å²) >= 11 is 0. The van der Waals surface area contributed by atoms with Crippen molar-refractivity contribution < 1.29 is 0 Å². The number of hydrogen-bond donors (Lipinski definition) is 1. The molecule has 2 heterocycles. The topological polar surface area (TPSA) is 55.6 Å². The van der Waals surface area contributed by atoms with Crippen LogP contribution in [0.3, 0.4) is 0 Å². The molecule has 5 heteroatoms. The Morgan fingerprint density at radius 3 is 2.67 bits per heavy atom. The Hall–Kier alpha value is -1.91. The van der Waals surface area contributed by atoms with Crippen LogP contribution in [0.25, 0.3) is 5.69 Å². The molecule has 0 aromatic carbocycles. The smallest absolute Gasteiger partial charge is 0.151 e. The van der Waals surface area contributed by atoms with Crippen LogP contribution in [0.2, 0.25) is 0 Å². The number of aromatic nitrogens is 4. The molecule has 0 amide bonds. The maximum Gasteiger partial charge on any atom is 0.151 e. The molecular formula is C13H19N5. The lowest BCUT2D eigenvalue weighted by Crippen LogP contribution is -2.04. The van der Waals surface area contributed by atoms with Gasteiger partial charge in [-0.25, -0.2) is 9.67 Å². The minimum atomic E-state index is 0.848. The highest BCUT2D eigenvalue weighted by Crippen LogP contribution is 2.14. The molecule has 2 aromatic rings. The van der Waals surface area contributed by atoms with E-state index in [0.717, 1.165) is 42.4 Å². The van der Waals surface area contributed by atoms with Crippen molar-refractivity contribution in [2.45, 2.75) is 33.6 Å². The van der Waals surface area contributed by atoms with Crippen LogP contribution in [0.15, 0.2) is 18.5 Å². The molecule has 0 aliphatic rings. The van der Waals surface area contributed by atoms with Crippen LogP contribution in [-0.4, -0.2) is 26.3 Å². The highest BCUT2D eigenvalue weighted by molar-refractivity contribution is 5.48. The van der Waals surface area contributed by atoms with Gasteiger partial charge in [-0.2, -0.15) is 5.10 Å². The first-order valence-electron chi connectivity index (χ1n) is 6.42. The summed E-state index contributed by atoms with van der Waals surface area (Å²) in [5.41, 5.74) is 1.96. The zero-order valence-electron chi connectivity index (χ0n) is 11.1. The van der Waals surface area contributed by atoms with Gasteiger partial charge in [-0.1, -0.05) is 13.8 Å². The molecule has 96 valence electrons. The molecule has 1 N–H and O–H groups in total. The largest absolute Gasteiger partial charge is 0.384 e. The summed E-state index contributed by atoms with van der Waals surface area (Å²) in [5, 5.41) is 7.76. The zero-order chi connectivity index (χ0) is 13.0. The Balaban J connectivity index is 2.40. The second-order valence-corrected chi connectivity index (χ2v) is 4.03. The first-order valence-corrected chi connectivity index (χ1v) is 6.42. The highest BCUT2D eigenvalue weighted by Gasteiger charge is 2.09.